The van der Waals surface area contributed by atoms with E-state index in [1.54, 1.807) is 25.3 Å². The molecule has 1 aliphatic heterocycles. The largest absolute Gasteiger partial charge is 0.492 e. The Morgan fingerprint density at radius 2 is 1.85 bits per heavy atom. The molecule has 0 atom stereocenters. The molecule has 4 aromatic rings. The van der Waals surface area contributed by atoms with Crippen LogP contribution in [0.5, 0.6) is 5.75 Å². The van der Waals surface area contributed by atoms with Crippen LogP contribution in [0.2, 0.25) is 0 Å². The highest BCUT2D eigenvalue weighted by Crippen LogP contribution is 2.33. The first kappa shape index (κ1) is 20.8. The number of aromatic amines is 2. The van der Waals surface area contributed by atoms with Gasteiger partial charge in [0, 0.05) is 26.3 Å². The van der Waals surface area contributed by atoms with E-state index in [2.05, 4.69) is 35.7 Å². The smallest absolute Gasteiger partial charge is 0.275 e. The van der Waals surface area contributed by atoms with Crippen LogP contribution in [0.4, 0.5) is 33.2 Å². The van der Waals surface area contributed by atoms with Crippen LogP contribution >= 0.6 is 0 Å². The van der Waals surface area contributed by atoms with Gasteiger partial charge in [-0.3, -0.25) is 15.0 Å². The maximum absolute atomic E-state index is 14.2. The van der Waals surface area contributed by atoms with Gasteiger partial charge in [-0.05, 0) is 24.3 Å². The minimum absolute atomic E-state index is 0.0437. The van der Waals surface area contributed by atoms with Crippen molar-refractivity contribution in [1.82, 2.24) is 20.2 Å². The second-order valence-corrected chi connectivity index (χ2v) is 7.57. The van der Waals surface area contributed by atoms with Crippen LogP contribution in [0, 0.1) is 5.82 Å². The maximum atomic E-state index is 14.2. The van der Waals surface area contributed by atoms with Gasteiger partial charge in [-0.1, -0.05) is 12.1 Å². The van der Waals surface area contributed by atoms with Gasteiger partial charge in [0.2, 0.25) is 0 Å². The van der Waals surface area contributed by atoms with Crippen molar-refractivity contribution in [1.29, 1.82) is 0 Å². The molecule has 1 saturated heterocycles. The molecule has 0 bridgehead atoms. The molecule has 0 aliphatic carbocycles. The molecule has 4 N–H and O–H groups in total. The van der Waals surface area contributed by atoms with Crippen molar-refractivity contribution in [2.45, 2.75) is 6.10 Å². The molecule has 1 aliphatic rings. The molecule has 0 unspecified atom stereocenters. The number of nitrogens with zero attached hydrogens (tertiary/aromatic N) is 3. The van der Waals surface area contributed by atoms with E-state index in [-0.39, 0.29) is 17.4 Å². The fraction of sp³-hybridized carbons (Fsp3) is 0.227. The van der Waals surface area contributed by atoms with E-state index in [9.17, 15) is 9.18 Å². The highest BCUT2D eigenvalue weighted by molar-refractivity contribution is 5.93. The summed E-state index contributed by atoms with van der Waals surface area (Å²) in [5.74, 6) is 1.39. The van der Waals surface area contributed by atoms with E-state index in [4.69, 9.17) is 9.47 Å². The van der Waals surface area contributed by atoms with Crippen LogP contribution in [-0.2, 0) is 4.74 Å². The Morgan fingerprint density at radius 1 is 1.03 bits per heavy atom. The number of nitrogens with one attached hydrogen (secondary N) is 4. The minimum Gasteiger partial charge on any atom is -0.492 e. The van der Waals surface area contributed by atoms with Crippen molar-refractivity contribution in [2.75, 3.05) is 42.8 Å². The van der Waals surface area contributed by atoms with Gasteiger partial charge in [0.05, 0.1) is 24.6 Å². The molecule has 0 radical (unpaired) electrons. The summed E-state index contributed by atoms with van der Waals surface area (Å²) in [6.07, 6.45) is 0.214. The molecular weight excluding hydrogens is 429 g/mol. The van der Waals surface area contributed by atoms with Crippen molar-refractivity contribution < 1.29 is 13.9 Å². The molecule has 0 spiro atoms. The van der Waals surface area contributed by atoms with Gasteiger partial charge in [0.25, 0.3) is 5.56 Å². The van der Waals surface area contributed by atoms with Crippen molar-refractivity contribution in [3.8, 4) is 5.75 Å². The zero-order valence-electron chi connectivity index (χ0n) is 18.0. The molecule has 11 heteroatoms. The van der Waals surface area contributed by atoms with Gasteiger partial charge in [-0.25, -0.2) is 14.4 Å². The number of fused-ring (bicyclic) bond motifs is 1. The summed E-state index contributed by atoms with van der Waals surface area (Å²) >= 11 is 0. The topological polar surface area (TPSA) is 120 Å². The highest BCUT2D eigenvalue weighted by atomic mass is 19.1. The lowest BCUT2D eigenvalue weighted by Crippen LogP contribution is -2.52. The van der Waals surface area contributed by atoms with Gasteiger partial charge < -0.3 is 25.0 Å². The molecule has 1 aromatic carbocycles. The SMILES string of the molecule is COc1c(F)cccc1Nc1cc(Nc2cccc(N3CC(OC)C3)n2)nc2[nH][nH]c(=O)c12. The number of rotatable bonds is 7. The summed E-state index contributed by atoms with van der Waals surface area (Å²) in [5, 5.41) is 11.9. The third-order valence-corrected chi connectivity index (χ3v) is 5.48. The number of benzene rings is 1. The Labute approximate surface area is 187 Å². The van der Waals surface area contributed by atoms with E-state index in [1.807, 2.05) is 18.2 Å². The number of pyridine rings is 2. The molecule has 33 heavy (non-hydrogen) atoms. The predicted octanol–water partition coefficient (Wildman–Crippen LogP) is 3.12. The second-order valence-electron chi connectivity index (χ2n) is 7.57. The van der Waals surface area contributed by atoms with Crippen molar-refractivity contribution in [3.05, 3.63) is 58.6 Å². The number of methoxy groups -OCH3 is 2. The summed E-state index contributed by atoms with van der Waals surface area (Å²) in [6, 6.07) is 11.8. The molecule has 170 valence electrons. The summed E-state index contributed by atoms with van der Waals surface area (Å²) in [6.45, 7) is 1.57. The van der Waals surface area contributed by atoms with Crippen LogP contribution in [0.25, 0.3) is 11.0 Å². The van der Waals surface area contributed by atoms with Gasteiger partial charge in [-0.15, -0.1) is 0 Å². The quantitative estimate of drug-likeness (QED) is 0.338. The number of hydrogen-bond acceptors (Lipinski definition) is 8. The van der Waals surface area contributed by atoms with E-state index in [0.29, 0.717) is 34.0 Å². The lowest BCUT2D eigenvalue weighted by atomic mass is 10.1. The first-order chi connectivity index (χ1) is 16.1. The zero-order valence-corrected chi connectivity index (χ0v) is 18.0. The molecule has 0 saturated carbocycles. The van der Waals surface area contributed by atoms with Crippen LogP contribution in [0.1, 0.15) is 0 Å². The molecule has 4 heterocycles. The lowest BCUT2D eigenvalue weighted by molar-refractivity contribution is 0.0783. The Kier molecular flexibility index (Phi) is 5.31. The zero-order chi connectivity index (χ0) is 22.9. The molecule has 5 rings (SSSR count). The van der Waals surface area contributed by atoms with Crippen molar-refractivity contribution >= 4 is 39.9 Å². The monoisotopic (exact) mass is 451 g/mol. The molecule has 10 nitrogen and oxygen atoms in total. The minimum atomic E-state index is -0.517. The van der Waals surface area contributed by atoms with E-state index in [0.717, 1.165) is 18.9 Å². The van der Waals surface area contributed by atoms with Crippen molar-refractivity contribution in [3.63, 3.8) is 0 Å². The first-order valence-corrected chi connectivity index (χ1v) is 10.3. The first-order valence-electron chi connectivity index (χ1n) is 10.3. The number of hydrogen-bond donors (Lipinski definition) is 4. The lowest BCUT2D eigenvalue weighted by Gasteiger charge is -2.39. The number of aromatic nitrogens is 4. The van der Waals surface area contributed by atoms with Gasteiger partial charge in [0.15, 0.2) is 17.2 Å². The van der Waals surface area contributed by atoms with Crippen LogP contribution < -0.4 is 25.8 Å². The number of anilines is 5. The predicted molar refractivity (Wildman–Crippen MR) is 123 cm³/mol. The Balaban J connectivity index is 1.47. The Morgan fingerprint density at radius 3 is 2.64 bits per heavy atom. The molecule has 1 fully saturated rings. The second kappa shape index (κ2) is 8.43. The third kappa shape index (κ3) is 3.94. The summed E-state index contributed by atoms with van der Waals surface area (Å²) in [5.41, 5.74) is 0.787. The van der Waals surface area contributed by atoms with Gasteiger partial charge >= 0.3 is 0 Å². The standard InChI is InChI=1S/C22H22FN7O3/c1-32-12-10-30(11-12)18-8-4-7-16(26-18)25-17-9-15(19-21(27-17)28-29-22(19)31)24-14-6-3-5-13(23)20(14)33-2/h3-9,12H,10-11H2,1-2H3,(H4,24,25,26,27,28,29,31). The van der Waals surface area contributed by atoms with E-state index in [1.165, 1.54) is 13.2 Å². The number of ether oxygens (including phenoxy) is 2. The molecule has 0 amide bonds. The number of halogens is 1. The van der Waals surface area contributed by atoms with Crippen LogP contribution in [-0.4, -0.2) is 53.6 Å². The fourth-order valence-electron chi connectivity index (χ4n) is 3.74. The Hall–Kier alpha value is -4.12. The van der Waals surface area contributed by atoms with Crippen LogP contribution in [0.15, 0.2) is 47.3 Å². The van der Waals surface area contributed by atoms with E-state index < -0.39 is 5.82 Å². The summed E-state index contributed by atoms with van der Waals surface area (Å²) in [4.78, 5) is 23.6. The Bertz CT molecular complexity index is 1360. The summed E-state index contributed by atoms with van der Waals surface area (Å²) < 4.78 is 24.7. The third-order valence-electron chi connectivity index (χ3n) is 5.48. The average molecular weight is 451 g/mol. The number of para-hydroxylation sites is 1. The normalized spacial score (nSPS) is 13.7. The fourth-order valence-corrected chi connectivity index (χ4v) is 3.74. The summed E-state index contributed by atoms with van der Waals surface area (Å²) in [7, 11) is 3.08. The average Bonchev–Trinajstić information content (AvgIpc) is 3.14. The molecule has 3 aromatic heterocycles. The van der Waals surface area contributed by atoms with Crippen molar-refractivity contribution in [2.24, 2.45) is 0 Å². The highest BCUT2D eigenvalue weighted by Gasteiger charge is 2.27. The maximum Gasteiger partial charge on any atom is 0.275 e. The van der Waals surface area contributed by atoms with E-state index >= 15 is 0 Å². The number of H-pyrrole nitrogens is 2. The van der Waals surface area contributed by atoms with Crippen LogP contribution in [0.3, 0.4) is 0 Å². The van der Waals surface area contributed by atoms with Gasteiger partial charge in [-0.2, -0.15) is 0 Å². The van der Waals surface area contributed by atoms with Gasteiger partial charge in [0.1, 0.15) is 22.8 Å². The molecular formula is C22H22FN7O3.